The van der Waals surface area contributed by atoms with Gasteiger partial charge in [0, 0.05) is 61.6 Å². The van der Waals surface area contributed by atoms with Crippen molar-refractivity contribution < 1.29 is 19.8 Å². The van der Waals surface area contributed by atoms with Gasteiger partial charge >= 0.3 is 0 Å². The smallest absolute Gasteiger partial charge is 0.253 e. The lowest BCUT2D eigenvalue weighted by Gasteiger charge is -2.29. The number of aliphatic hydroxyl groups excluding tert-OH is 2. The first-order valence-electron chi connectivity index (χ1n) is 14.2. The van der Waals surface area contributed by atoms with E-state index in [-0.39, 0.29) is 30.9 Å². The number of pyridine rings is 1. The molecule has 4 aromatic rings. The first-order valence-corrected chi connectivity index (χ1v) is 15.1. The summed E-state index contributed by atoms with van der Waals surface area (Å²) < 4.78 is 0. The van der Waals surface area contributed by atoms with Crippen molar-refractivity contribution in [2.45, 2.75) is 44.9 Å². The van der Waals surface area contributed by atoms with Crippen molar-refractivity contribution in [1.29, 1.82) is 0 Å². The maximum Gasteiger partial charge on any atom is 0.253 e. The topological polar surface area (TPSA) is 119 Å². The Kier molecular flexibility index (Phi) is 11.0. The summed E-state index contributed by atoms with van der Waals surface area (Å²) in [6, 6.07) is 17.6. The van der Waals surface area contributed by atoms with Crippen LogP contribution in [0.5, 0.6) is 0 Å². The highest BCUT2D eigenvalue weighted by molar-refractivity contribution is 7.09. The van der Waals surface area contributed by atoms with Crippen LogP contribution in [0.25, 0.3) is 0 Å². The van der Waals surface area contributed by atoms with Gasteiger partial charge in [-0.25, -0.2) is 4.98 Å². The van der Waals surface area contributed by atoms with E-state index in [1.807, 2.05) is 67.6 Å². The summed E-state index contributed by atoms with van der Waals surface area (Å²) in [6.07, 6.45) is 2.92. The van der Waals surface area contributed by atoms with Gasteiger partial charge in [0.1, 0.15) is 5.01 Å². The van der Waals surface area contributed by atoms with Crippen LogP contribution in [0.4, 0.5) is 5.69 Å². The molecule has 226 valence electrons. The van der Waals surface area contributed by atoms with Gasteiger partial charge in [0.25, 0.3) is 11.8 Å². The van der Waals surface area contributed by atoms with Crippen LogP contribution in [-0.4, -0.2) is 76.3 Å². The average Bonchev–Trinajstić information content (AvgIpc) is 3.44. The van der Waals surface area contributed by atoms with E-state index in [0.717, 1.165) is 27.5 Å². The molecule has 0 radical (unpaired) electrons. The molecule has 2 aromatic carbocycles. The third-order valence-corrected chi connectivity index (χ3v) is 8.28. The van der Waals surface area contributed by atoms with E-state index in [2.05, 4.69) is 15.3 Å². The Morgan fingerprint density at radius 1 is 1.02 bits per heavy atom. The molecule has 4 rings (SSSR count). The minimum absolute atomic E-state index is 0.0112. The van der Waals surface area contributed by atoms with Gasteiger partial charge in [-0.05, 0) is 48.7 Å². The number of hydrogen-bond acceptors (Lipinski definition) is 8. The predicted molar refractivity (Wildman–Crippen MR) is 170 cm³/mol. The van der Waals surface area contributed by atoms with E-state index in [1.165, 1.54) is 11.3 Å². The number of rotatable bonds is 13. The Balaban J connectivity index is 1.49. The van der Waals surface area contributed by atoms with Gasteiger partial charge < -0.3 is 25.3 Å². The number of hydrogen-bond donors (Lipinski definition) is 3. The molecule has 2 amide bonds. The first kappa shape index (κ1) is 31.8. The molecular formula is C33H39N5O4S. The summed E-state index contributed by atoms with van der Waals surface area (Å²) in [5.41, 5.74) is 4.31. The standard InChI is InChI=1S/C33H39N5O4S/c1-22(20-39)27-15-28(17-34-16-27)37(3)18-30(40)29(13-24-9-6-5-7-10-24)36-32(41)25-11-8-12-26(14-25)33(42)38(4)19-31-35-23(2)21-43-31/h5-12,14-17,21-22,29-30,39-40H,13,18-20H2,1-4H3,(H,36,41)/t22?,29-,30+/m0/s1. The lowest BCUT2D eigenvalue weighted by molar-refractivity contribution is 0.0784. The van der Waals surface area contributed by atoms with Crippen LogP contribution in [0.2, 0.25) is 0 Å². The molecule has 10 heteroatoms. The maximum absolute atomic E-state index is 13.5. The van der Waals surface area contributed by atoms with Gasteiger partial charge in [0.05, 0.1) is 30.6 Å². The molecule has 1 unspecified atom stereocenters. The number of anilines is 1. The number of aryl methyl sites for hydroxylation is 1. The van der Waals surface area contributed by atoms with E-state index < -0.39 is 12.1 Å². The second kappa shape index (κ2) is 14.9. The molecule has 0 fully saturated rings. The maximum atomic E-state index is 13.5. The van der Waals surface area contributed by atoms with Crippen LogP contribution in [0.1, 0.15) is 55.4 Å². The summed E-state index contributed by atoms with van der Waals surface area (Å²) in [5.74, 6) is -0.651. The van der Waals surface area contributed by atoms with Crippen LogP contribution < -0.4 is 10.2 Å². The number of aromatic nitrogens is 2. The lowest BCUT2D eigenvalue weighted by Crippen LogP contribution is -2.49. The van der Waals surface area contributed by atoms with Gasteiger partial charge in [-0.15, -0.1) is 11.3 Å². The monoisotopic (exact) mass is 601 g/mol. The summed E-state index contributed by atoms with van der Waals surface area (Å²) in [5, 5.41) is 26.7. The molecule has 0 aliphatic rings. The molecule has 0 aliphatic heterocycles. The van der Waals surface area contributed by atoms with E-state index in [1.54, 1.807) is 48.6 Å². The number of benzene rings is 2. The van der Waals surface area contributed by atoms with Crippen molar-refractivity contribution in [1.82, 2.24) is 20.2 Å². The molecule has 0 saturated carbocycles. The molecule has 9 nitrogen and oxygen atoms in total. The number of carbonyl (C=O) groups is 2. The van der Waals surface area contributed by atoms with Gasteiger partial charge in [-0.2, -0.15) is 0 Å². The summed E-state index contributed by atoms with van der Waals surface area (Å²) in [4.78, 5) is 38.8. The zero-order valence-corrected chi connectivity index (χ0v) is 25.8. The molecule has 43 heavy (non-hydrogen) atoms. The van der Waals surface area contributed by atoms with Crippen LogP contribution in [0.3, 0.4) is 0 Å². The minimum atomic E-state index is -0.925. The third-order valence-electron chi connectivity index (χ3n) is 7.33. The van der Waals surface area contributed by atoms with Crippen molar-refractivity contribution in [2.75, 3.05) is 32.1 Å². The van der Waals surface area contributed by atoms with Crippen LogP contribution in [0.15, 0.2) is 78.4 Å². The highest BCUT2D eigenvalue weighted by Gasteiger charge is 2.25. The van der Waals surface area contributed by atoms with Crippen LogP contribution >= 0.6 is 11.3 Å². The fourth-order valence-corrected chi connectivity index (χ4v) is 5.53. The Morgan fingerprint density at radius 3 is 2.47 bits per heavy atom. The van der Waals surface area contributed by atoms with Gasteiger partial charge in [0.2, 0.25) is 0 Å². The highest BCUT2D eigenvalue weighted by atomic mass is 32.1. The minimum Gasteiger partial charge on any atom is -0.396 e. The average molecular weight is 602 g/mol. The largest absolute Gasteiger partial charge is 0.396 e. The molecule has 3 atom stereocenters. The van der Waals surface area contributed by atoms with E-state index in [0.29, 0.717) is 24.1 Å². The zero-order chi connectivity index (χ0) is 30.9. The Hall–Kier alpha value is -4.12. The molecule has 3 N–H and O–H groups in total. The summed E-state index contributed by atoms with van der Waals surface area (Å²) >= 11 is 1.50. The van der Waals surface area contributed by atoms with Crippen molar-refractivity contribution in [3.8, 4) is 0 Å². The molecule has 2 heterocycles. The van der Waals surface area contributed by atoms with Gasteiger partial charge in [0.15, 0.2) is 0 Å². The number of aliphatic hydroxyl groups is 2. The number of nitrogens with one attached hydrogen (secondary N) is 1. The number of nitrogens with zero attached hydrogens (tertiary/aromatic N) is 4. The number of thiazole rings is 1. The molecule has 0 aliphatic carbocycles. The predicted octanol–water partition coefficient (Wildman–Crippen LogP) is 4.05. The van der Waals surface area contributed by atoms with Crippen molar-refractivity contribution in [2.24, 2.45) is 0 Å². The quantitative estimate of drug-likeness (QED) is 0.212. The Morgan fingerprint density at radius 2 is 1.77 bits per heavy atom. The molecule has 0 saturated heterocycles. The number of likely N-dealkylation sites (N-methyl/N-ethyl adjacent to an activating group) is 1. The molecular weight excluding hydrogens is 562 g/mol. The molecule has 0 bridgehead atoms. The fraction of sp³-hybridized carbons (Fsp3) is 0.333. The normalized spacial score (nSPS) is 13.2. The van der Waals surface area contributed by atoms with Crippen molar-refractivity contribution in [3.05, 3.63) is 111 Å². The Labute approximate surface area is 256 Å². The Bertz CT molecular complexity index is 1510. The molecule has 0 spiro atoms. The number of carbonyl (C=O) groups excluding carboxylic acids is 2. The number of amides is 2. The highest BCUT2D eigenvalue weighted by Crippen LogP contribution is 2.21. The van der Waals surface area contributed by atoms with E-state index in [9.17, 15) is 19.8 Å². The lowest BCUT2D eigenvalue weighted by atomic mass is 9.99. The van der Waals surface area contributed by atoms with Crippen molar-refractivity contribution >= 4 is 28.8 Å². The third kappa shape index (κ3) is 8.70. The summed E-state index contributed by atoms with van der Waals surface area (Å²) in [6.45, 7) is 4.46. The fourth-order valence-electron chi connectivity index (χ4n) is 4.71. The van der Waals surface area contributed by atoms with Crippen molar-refractivity contribution in [3.63, 3.8) is 0 Å². The second-order valence-corrected chi connectivity index (χ2v) is 11.8. The zero-order valence-electron chi connectivity index (χ0n) is 25.0. The summed E-state index contributed by atoms with van der Waals surface area (Å²) in [7, 11) is 3.57. The van der Waals surface area contributed by atoms with Crippen LogP contribution in [0, 0.1) is 6.92 Å². The van der Waals surface area contributed by atoms with Crippen LogP contribution in [-0.2, 0) is 13.0 Å². The SMILES string of the molecule is Cc1csc(CN(C)C(=O)c2cccc(C(=O)N[C@@H](Cc3ccccc3)[C@H](O)CN(C)c3cncc(C(C)CO)c3)c2)n1. The van der Waals surface area contributed by atoms with E-state index in [4.69, 9.17) is 0 Å². The van der Waals surface area contributed by atoms with Gasteiger partial charge in [-0.1, -0.05) is 43.3 Å². The van der Waals surface area contributed by atoms with Gasteiger partial charge in [-0.3, -0.25) is 14.6 Å². The second-order valence-electron chi connectivity index (χ2n) is 10.9. The first-order chi connectivity index (χ1) is 20.6. The molecule has 2 aromatic heterocycles. The van der Waals surface area contributed by atoms with E-state index >= 15 is 0 Å².